The number of hydrogen-bond acceptors (Lipinski definition) is 4. The van der Waals surface area contributed by atoms with E-state index >= 15 is 0 Å². The van der Waals surface area contributed by atoms with Crippen LogP contribution in [-0.4, -0.2) is 40.6 Å². The summed E-state index contributed by atoms with van der Waals surface area (Å²) in [5.74, 6) is 0.214. The summed E-state index contributed by atoms with van der Waals surface area (Å²) >= 11 is 3.37. The van der Waals surface area contributed by atoms with Crippen LogP contribution in [0.15, 0.2) is 10.9 Å². The minimum atomic E-state index is -0.672. The molecule has 0 N–H and O–H groups in total. The van der Waals surface area contributed by atoms with E-state index in [-0.39, 0.29) is 51.9 Å². The molecule has 1 unspecified atom stereocenters. The summed E-state index contributed by atoms with van der Waals surface area (Å²) in [4.78, 5) is 39.8. The van der Waals surface area contributed by atoms with Crippen molar-refractivity contribution in [3.63, 3.8) is 0 Å². The summed E-state index contributed by atoms with van der Waals surface area (Å²) in [6, 6.07) is 3.91. The van der Waals surface area contributed by atoms with E-state index in [1.54, 1.807) is 25.7 Å². The third-order valence-electron chi connectivity index (χ3n) is 3.70. The van der Waals surface area contributed by atoms with Gasteiger partial charge in [0.25, 0.3) is 0 Å². The van der Waals surface area contributed by atoms with E-state index in [2.05, 4.69) is 22.0 Å². The maximum atomic E-state index is 12.4. The zero-order valence-electron chi connectivity index (χ0n) is 15.5. The molecular formula is C18H27BrN3O4Re-. The number of amides is 2. The summed E-state index contributed by atoms with van der Waals surface area (Å²) in [6.07, 6.45) is -0.609. The van der Waals surface area contributed by atoms with Gasteiger partial charge in [0.2, 0.25) is 5.91 Å². The minimum Gasteiger partial charge on any atom is -0.444 e. The Hall–Kier alpha value is -1.17. The molecule has 0 bridgehead atoms. The van der Waals surface area contributed by atoms with E-state index in [4.69, 9.17) is 4.74 Å². The van der Waals surface area contributed by atoms with E-state index in [1.165, 1.54) is 15.5 Å². The molecule has 0 aromatic carbocycles. The molecule has 2 aliphatic heterocycles. The van der Waals surface area contributed by atoms with E-state index in [1.807, 2.05) is 13.8 Å². The van der Waals surface area contributed by atoms with Gasteiger partial charge in [0.1, 0.15) is 5.60 Å². The number of ether oxygens (including phenoxy) is 1. The SMILES string of the molecule is C.CC.CC(C)(C)OC(=O)N1CC(=O)N2CC(CBr)n3c2c1c[c-]c3=O.[Re]. The molecule has 1 atom stereocenters. The smallest absolute Gasteiger partial charge is 0.398 e. The topological polar surface area (TPSA) is 71.8 Å². The number of anilines is 2. The summed E-state index contributed by atoms with van der Waals surface area (Å²) in [5, 5.41) is 0.535. The van der Waals surface area contributed by atoms with Crippen molar-refractivity contribution in [1.29, 1.82) is 0 Å². The molecule has 1 radical (unpaired) electrons. The number of nitrogens with zero attached hydrogens (tertiary/aromatic N) is 3. The fraction of sp³-hybridized carbons (Fsp3) is 0.611. The Bertz CT molecular complexity index is 745. The number of halogens is 1. The molecule has 3 heterocycles. The average Bonchev–Trinajstić information content (AvgIpc) is 2.94. The number of pyridine rings is 1. The minimum absolute atomic E-state index is 0. The fourth-order valence-corrected chi connectivity index (χ4v) is 3.29. The monoisotopic (exact) mass is 615 g/mol. The maximum Gasteiger partial charge on any atom is 0.398 e. The molecule has 27 heavy (non-hydrogen) atoms. The average molecular weight is 616 g/mol. The molecule has 3 rings (SSSR count). The molecule has 153 valence electrons. The van der Waals surface area contributed by atoms with Gasteiger partial charge in [-0.05, 0) is 20.8 Å². The van der Waals surface area contributed by atoms with Crippen molar-refractivity contribution in [3.05, 3.63) is 22.5 Å². The first-order valence-electron chi connectivity index (χ1n) is 8.27. The predicted octanol–water partition coefficient (Wildman–Crippen LogP) is 3.35. The molecule has 9 heteroatoms. The van der Waals surface area contributed by atoms with Crippen LogP contribution in [0.4, 0.5) is 16.3 Å². The van der Waals surface area contributed by atoms with Crippen molar-refractivity contribution in [2.75, 3.05) is 28.2 Å². The normalized spacial score (nSPS) is 17.1. The Morgan fingerprint density at radius 2 is 1.93 bits per heavy atom. The summed E-state index contributed by atoms with van der Waals surface area (Å²) < 4.78 is 6.88. The van der Waals surface area contributed by atoms with Gasteiger partial charge in [-0.15, -0.1) is 0 Å². The van der Waals surface area contributed by atoms with Gasteiger partial charge in [0.05, 0.1) is 18.4 Å². The zero-order valence-corrected chi connectivity index (χ0v) is 19.8. The van der Waals surface area contributed by atoms with E-state index in [9.17, 15) is 14.4 Å². The molecule has 0 fully saturated rings. The van der Waals surface area contributed by atoms with Crippen LogP contribution in [-0.2, 0) is 30.0 Å². The number of carbonyl (C=O) groups is 2. The second-order valence-electron chi connectivity index (χ2n) is 6.55. The number of hydrogen-bond donors (Lipinski definition) is 0. The standard InChI is InChI=1S/C15H17BrN3O4.C2H6.CH4.Re/c1-15(2,3)23-14(22)17-8-12(21)18-7-9(6-16)19-11(20)5-4-10(17)13(18)19;1-2;;/h4,9H,6-8H2,1-3H3;1-2H3;1H4;/q-1;;;. The maximum absolute atomic E-state index is 12.4. The quantitative estimate of drug-likeness (QED) is 0.359. The Labute approximate surface area is 182 Å². The molecule has 0 saturated carbocycles. The van der Waals surface area contributed by atoms with Crippen LogP contribution in [0.3, 0.4) is 0 Å². The summed E-state index contributed by atoms with van der Waals surface area (Å²) in [5.41, 5.74) is -0.509. The molecule has 1 aromatic rings. The number of carbonyl (C=O) groups excluding carboxylic acids is 2. The van der Waals surface area contributed by atoms with Crippen molar-refractivity contribution >= 4 is 39.4 Å². The molecular weight excluding hydrogens is 588 g/mol. The van der Waals surface area contributed by atoms with Crippen LogP contribution in [0, 0.1) is 6.07 Å². The van der Waals surface area contributed by atoms with Gasteiger partial charge in [-0.25, -0.2) is 10.9 Å². The summed E-state index contributed by atoms with van der Waals surface area (Å²) in [6.45, 7) is 9.58. The zero-order chi connectivity index (χ0) is 18.9. The van der Waals surface area contributed by atoms with Gasteiger partial charge in [-0.2, -0.15) is 6.07 Å². The molecule has 7 nitrogen and oxygen atoms in total. The Morgan fingerprint density at radius 3 is 2.44 bits per heavy atom. The molecule has 2 amide bonds. The second kappa shape index (κ2) is 9.85. The number of aromatic nitrogens is 1. The third kappa shape index (κ3) is 5.01. The Kier molecular flexibility index (Phi) is 9.43. The number of alkyl halides is 1. The van der Waals surface area contributed by atoms with Crippen LogP contribution >= 0.6 is 15.9 Å². The molecule has 0 saturated heterocycles. The van der Waals surface area contributed by atoms with Crippen molar-refractivity contribution in [3.8, 4) is 0 Å². The van der Waals surface area contributed by atoms with Gasteiger partial charge in [0.15, 0.2) is 5.56 Å². The second-order valence-corrected chi connectivity index (χ2v) is 7.20. The molecule has 1 aromatic heterocycles. The van der Waals surface area contributed by atoms with E-state index in [0.29, 0.717) is 23.4 Å². The first-order valence-corrected chi connectivity index (χ1v) is 9.39. The summed E-state index contributed by atoms with van der Waals surface area (Å²) in [7, 11) is 0. The van der Waals surface area contributed by atoms with Crippen molar-refractivity contribution in [2.45, 2.75) is 53.7 Å². The van der Waals surface area contributed by atoms with E-state index < -0.39 is 11.7 Å². The van der Waals surface area contributed by atoms with Gasteiger partial charge >= 0.3 is 6.09 Å². The van der Waals surface area contributed by atoms with Crippen LogP contribution in [0.1, 0.15) is 48.1 Å². The third-order valence-corrected chi connectivity index (χ3v) is 4.45. The van der Waals surface area contributed by atoms with E-state index in [0.717, 1.165) is 0 Å². The van der Waals surface area contributed by atoms with Crippen LogP contribution < -0.4 is 15.4 Å². The van der Waals surface area contributed by atoms with Crippen LogP contribution in [0.2, 0.25) is 0 Å². The Balaban J connectivity index is 0.00000164. The molecule has 0 aliphatic carbocycles. The van der Waals surface area contributed by atoms with Crippen LogP contribution in [0.25, 0.3) is 0 Å². The number of rotatable bonds is 1. The van der Waals surface area contributed by atoms with Crippen molar-refractivity contribution in [1.82, 2.24) is 4.57 Å². The fourth-order valence-electron chi connectivity index (χ4n) is 2.79. The first kappa shape index (κ1) is 25.8. The van der Waals surface area contributed by atoms with Crippen molar-refractivity contribution < 1.29 is 34.7 Å². The molecule has 2 aliphatic rings. The largest absolute Gasteiger partial charge is 0.444 e. The van der Waals surface area contributed by atoms with Gasteiger partial charge in [-0.1, -0.05) is 42.9 Å². The van der Waals surface area contributed by atoms with Crippen LogP contribution in [0.5, 0.6) is 0 Å². The van der Waals surface area contributed by atoms with Crippen molar-refractivity contribution in [2.24, 2.45) is 0 Å². The Morgan fingerprint density at radius 1 is 1.33 bits per heavy atom. The predicted molar refractivity (Wildman–Crippen MR) is 106 cm³/mol. The first-order chi connectivity index (χ1) is 11.7. The molecule has 0 spiro atoms. The van der Waals surface area contributed by atoms with Gasteiger partial charge in [0, 0.05) is 32.3 Å². The van der Waals surface area contributed by atoms with Gasteiger partial charge in [-0.3, -0.25) is 9.59 Å². The van der Waals surface area contributed by atoms with Gasteiger partial charge < -0.3 is 19.1 Å².